The Labute approximate surface area is 128 Å². The maximum atomic E-state index is 13.2. The van der Waals surface area contributed by atoms with Crippen LogP contribution in [0.3, 0.4) is 0 Å². The first kappa shape index (κ1) is 15.7. The van der Waals surface area contributed by atoms with Crippen molar-refractivity contribution in [1.29, 1.82) is 5.26 Å². The fourth-order valence-electron chi connectivity index (χ4n) is 1.85. The number of aromatic nitrogens is 2. The molecule has 0 unspecified atom stereocenters. The molecule has 1 atom stereocenters. The number of benzene rings is 1. The van der Waals surface area contributed by atoms with Crippen molar-refractivity contribution < 1.29 is 9.18 Å². The van der Waals surface area contributed by atoms with Gasteiger partial charge in [0.25, 0.3) is 5.91 Å². The maximum absolute atomic E-state index is 13.2. The molecular formula is C16H17FN4O. The lowest BCUT2D eigenvalue weighted by Gasteiger charge is -2.25. The number of carbonyl (C=O) groups is 1. The van der Waals surface area contributed by atoms with Gasteiger partial charge in [0, 0.05) is 6.20 Å². The first-order valence-electron chi connectivity index (χ1n) is 6.83. The highest BCUT2D eigenvalue weighted by atomic mass is 19.1. The molecule has 1 aromatic heterocycles. The van der Waals surface area contributed by atoms with Crippen molar-refractivity contribution in [2.75, 3.05) is 0 Å². The van der Waals surface area contributed by atoms with Gasteiger partial charge in [0.15, 0.2) is 5.69 Å². The molecule has 0 radical (unpaired) electrons. The van der Waals surface area contributed by atoms with Gasteiger partial charge in [-0.1, -0.05) is 26.8 Å². The molecule has 5 nitrogen and oxygen atoms in total. The summed E-state index contributed by atoms with van der Waals surface area (Å²) in [6, 6.07) is 8.88. The zero-order valence-corrected chi connectivity index (χ0v) is 12.7. The Bertz CT molecular complexity index is 724. The minimum absolute atomic E-state index is 0.175. The second-order valence-electron chi connectivity index (χ2n) is 6.03. The van der Waals surface area contributed by atoms with Crippen LogP contribution in [0.15, 0.2) is 36.5 Å². The zero-order valence-electron chi connectivity index (χ0n) is 12.7. The number of amides is 1. The summed E-state index contributed by atoms with van der Waals surface area (Å²) in [5.41, 5.74) is 0.315. The average molecular weight is 300 g/mol. The number of halogens is 1. The number of nitrogens with zero attached hydrogens (tertiary/aromatic N) is 3. The first-order chi connectivity index (χ1) is 10.3. The van der Waals surface area contributed by atoms with E-state index in [2.05, 4.69) is 16.5 Å². The van der Waals surface area contributed by atoms with Gasteiger partial charge in [0.05, 0.1) is 11.8 Å². The van der Waals surface area contributed by atoms with E-state index in [-0.39, 0.29) is 16.9 Å². The van der Waals surface area contributed by atoms with E-state index >= 15 is 0 Å². The smallest absolute Gasteiger partial charge is 0.272 e. The van der Waals surface area contributed by atoms with E-state index in [1.807, 2.05) is 20.8 Å². The SMILES string of the molecule is CC(C)(C)[C@H](C#N)NC(=O)c1ccn(-c2cccc(F)c2)n1. The van der Waals surface area contributed by atoms with Crippen LogP contribution in [0, 0.1) is 22.6 Å². The normalized spacial score (nSPS) is 12.5. The Kier molecular flexibility index (Phi) is 4.27. The molecule has 0 fully saturated rings. The van der Waals surface area contributed by atoms with Gasteiger partial charge in [-0.3, -0.25) is 4.79 Å². The van der Waals surface area contributed by atoms with Crippen LogP contribution in [-0.4, -0.2) is 21.7 Å². The molecular weight excluding hydrogens is 283 g/mol. The van der Waals surface area contributed by atoms with Crippen molar-refractivity contribution in [1.82, 2.24) is 15.1 Å². The maximum Gasteiger partial charge on any atom is 0.272 e. The molecule has 2 rings (SSSR count). The number of carbonyl (C=O) groups excluding carboxylic acids is 1. The molecule has 0 spiro atoms. The number of hydrogen-bond acceptors (Lipinski definition) is 3. The van der Waals surface area contributed by atoms with Crippen molar-refractivity contribution in [3.05, 3.63) is 48.0 Å². The van der Waals surface area contributed by atoms with Crippen LogP contribution in [0.25, 0.3) is 5.69 Å². The largest absolute Gasteiger partial charge is 0.334 e. The van der Waals surface area contributed by atoms with E-state index in [0.29, 0.717) is 5.69 Å². The van der Waals surface area contributed by atoms with Gasteiger partial charge >= 0.3 is 0 Å². The first-order valence-corrected chi connectivity index (χ1v) is 6.83. The van der Waals surface area contributed by atoms with Gasteiger partial charge < -0.3 is 5.32 Å². The molecule has 0 bridgehead atoms. The Hall–Kier alpha value is -2.68. The Balaban J connectivity index is 2.18. The van der Waals surface area contributed by atoms with Gasteiger partial charge in [0.1, 0.15) is 11.9 Å². The Morgan fingerprint density at radius 2 is 2.14 bits per heavy atom. The lowest BCUT2D eigenvalue weighted by atomic mass is 9.87. The van der Waals surface area contributed by atoms with Crippen LogP contribution in [-0.2, 0) is 0 Å². The van der Waals surface area contributed by atoms with Crippen molar-refractivity contribution in [2.45, 2.75) is 26.8 Å². The molecule has 114 valence electrons. The summed E-state index contributed by atoms with van der Waals surface area (Å²) in [7, 11) is 0. The summed E-state index contributed by atoms with van der Waals surface area (Å²) in [5.74, 6) is -0.812. The predicted octanol–water partition coefficient (Wildman–Crippen LogP) is 2.68. The molecule has 1 heterocycles. The zero-order chi connectivity index (χ0) is 16.3. The summed E-state index contributed by atoms with van der Waals surface area (Å²) in [6.07, 6.45) is 1.57. The third-order valence-electron chi connectivity index (χ3n) is 3.17. The molecule has 0 aliphatic rings. The molecule has 2 aromatic rings. The molecule has 0 aliphatic heterocycles. The van der Waals surface area contributed by atoms with Gasteiger partial charge in [-0.05, 0) is 29.7 Å². The molecule has 6 heteroatoms. The van der Waals surface area contributed by atoms with Crippen LogP contribution in [0.2, 0.25) is 0 Å². The van der Waals surface area contributed by atoms with E-state index in [0.717, 1.165) is 0 Å². The van der Waals surface area contributed by atoms with Crippen molar-refractivity contribution in [2.24, 2.45) is 5.41 Å². The van der Waals surface area contributed by atoms with Crippen LogP contribution in [0.1, 0.15) is 31.3 Å². The second kappa shape index (κ2) is 5.98. The lowest BCUT2D eigenvalue weighted by Crippen LogP contribution is -2.42. The molecule has 0 saturated heterocycles. The van der Waals surface area contributed by atoms with Gasteiger partial charge in [0.2, 0.25) is 0 Å². The summed E-state index contributed by atoms with van der Waals surface area (Å²) in [5, 5.41) is 15.9. The van der Waals surface area contributed by atoms with Crippen LogP contribution >= 0.6 is 0 Å². The minimum Gasteiger partial charge on any atom is -0.334 e. The highest BCUT2D eigenvalue weighted by Gasteiger charge is 2.27. The van der Waals surface area contributed by atoms with E-state index in [4.69, 9.17) is 5.26 Å². The monoisotopic (exact) mass is 300 g/mol. The summed E-state index contributed by atoms with van der Waals surface area (Å²) in [6.45, 7) is 5.60. The number of nitriles is 1. The van der Waals surface area contributed by atoms with Crippen LogP contribution in [0.5, 0.6) is 0 Å². The van der Waals surface area contributed by atoms with Crippen LogP contribution < -0.4 is 5.32 Å². The Morgan fingerprint density at radius 3 is 2.73 bits per heavy atom. The predicted molar refractivity (Wildman–Crippen MR) is 79.8 cm³/mol. The summed E-state index contributed by atoms with van der Waals surface area (Å²) in [4.78, 5) is 12.2. The molecule has 1 amide bonds. The fraction of sp³-hybridized carbons (Fsp3) is 0.312. The van der Waals surface area contributed by atoms with E-state index < -0.39 is 11.9 Å². The van der Waals surface area contributed by atoms with Crippen molar-refractivity contribution in [3.63, 3.8) is 0 Å². The minimum atomic E-state index is -0.626. The summed E-state index contributed by atoms with van der Waals surface area (Å²) < 4.78 is 14.6. The Morgan fingerprint density at radius 1 is 1.41 bits per heavy atom. The van der Waals surface area contributed by atoms with E-state index in [9.17, 15) is 9.18 Å². The van der Waals surface area contributed by atoms with Crippen molar-refractivity contribution in [3.8, 4) is 11.8 Å². The van der Waals surface area contributed by atoms with E-state index in [1.54, 1.807) is 18.3 Å². The molecule has 0 saturated carbocycles. The number of rotatable bonds is 3. The van der Waals surface area contributed by atoms with Gasteiger partial charge in [-0.15, -0.1) is 0 Å². The van der Waals surface area contributed by atoms with Gasteiger partial charge in [-0.25, -0.2) is 9.07 Å². The highest BCUT2D eigenvalue weighted by molar-refractivity contribution is 5.92. The van der Waals surface area contributed by atoms with Crippen LogP contribution in [0.4, 0.5) is 4.39 Å². The highest BCUT2D eigenvalue weighted by Crippen LogP contribution is 2.19. The van der Waals surface area contributed by atoms with E-state index in [1.165, 1.54) is 22.9 Å². The lowest BCUT2D eigenvalue weighted by molar-refractivity contribution is 0.0916. The quantitative estimate of drug-likeness (QED) is 0.947. The number of hydrogen-bond donors (Lipinski definition) is 1. The molecule has 22 heavy (non-hydrogen) atoms. The second-order valence-corrected chi connectivity index (χ2v) is 6.03. The molecule has 1 aromatic carbocycles. The molecule has 0 aliphatic carbocycles. The number of nitrogens with one attached hydrogen (secondary N) is 1. The molecule has 1 N–H and O–H groups in total. The third-order valence-corrected chi connectivity index (χ3v) is 3.17. The van der Waals surface area contributed by atoms with Crippen molar-refractivity contribution >= 4 is 5.91 Å². The average Bonchev–Trinajstić information content (AvgIpc) is 2.93. The third kappa shape index (κ3) is 3.50. The summed E-state index contributed by atoms with van der Waals surface area (Å²) >= 11 is 0. The van der Waals surface area contributed by atoms with Gasteiger partial charge in [-0.2, -0.15) is 10.4 Å². The topological polar surface area (TPSA) is 70.7 Å². The fourth-order valence-corrected chi connectivity index (χ4v) is 1.85. The standard InChI is InChI=1S/C16H17FN4O/c1-16(2,3)14(10-18)19-15(22)13-7-8-21(20-13)12-6-4-5-11(17)9-12/h4-9,14H,1-3H3,(H,19,22)/t14-/m0/s1.